The number of nitrogens with one attached hydrogen (secondary N) is 2. The number of nitrogens with zero attached hydrogens (tertiary/aromatic N) is 1. The van der Waals surface area contributed by atoms with Crippen LogP contribution in [0.3, 0.4) is 0 Å². The Hall–Kier alpha value is -3.24. The molecule has 0 saturated carbocycles. The number of hydrogen-bond donors (Lipinski definition) is 4. The summed E-state index contributed by atoms with van der Waals surface area (Å²) in [6.45, 7) is 5.32. The molecule has 1 saturated heterocycles. The molecular formula is C24H32N3O10P. The average Bonchev–Trinajstić information content (AvgIpc) is 3.11. The molecule has 38 heavy (non-hydrogen) atoms. The molecule has 2 aromatic rings. The Morgan fingerprint density at radius 3 is 2.58 bits per heavy atom. The van der Waals surface area contributed by atoms with Gasteiger partial charge < -0.3 is 24.2 Å². The molecule has 1 aliphatic heterocycles. The van der Waals surface area contributed by atoms with Gasteiger partial charge in [-0.25, -0.2) is 9.36 Å². The number of terminal acetylenes is 1. The lowest BCUT2D eigenvalue weighted by Crippen LogP contribution is -2.46. The maximum atomic E-state index is 13.7. The van der Waals surface area contributed by atoms with Crippen LogP contribution < -0.4 is 20.9 Å². The summed E-state index contributed by atoms with van der Waals surface area (Å²) in [7, 11) is -4.40. The molecule has 2 heterocycles. The molecule has 1 fully saturated rings. The summed E-state index contributed by atoms with van der Waals surface area (Å²) in [4.78, 5) is 38.5. The van der Waals surface area contributed by atoms with E-state index in [0.29, 0.717) is 0 Å². The Balaban J connectivity index is 0.00000533. The van der Waals surface area contributed by atoms with Crippen LogP contribution in [-0.2, 0) is 23.4 Å². The first-order valence-corrected chi connectivity index (χ1v) is 13.2. The molecule has 0 radical (unpaired) electrons. The smallest absolute Gasteiger partial charge is 0.459 e. The van der Waals surface area contributed by atoms with Gasteiger partial charge in [-0.2, -0.15) is 5.09 Å². The van der Waals surface area contributed by atoms with Gasteiger partial charge in [0.2, 0.25) is 0 Å². The molecule has 4 N–H and O–H groups in total. The zero-order valence-corrected chi connectivity index (χ0v) is 22.1. The summed E-state index contributed by atoms with van der Waals surface area (Å²) >= 11 is 0. The minimum absolute atomic E-state index is 0. The van der Waals surface area contributed by atoms with Crippen molar-refractivity contribution < 1.29 is 39.5 Å². The average molecular weight is 554 g/mol. The summed E-state index contributed by atoms with van der Waals surface area (Å²) < 4.78 is 36.6. The number of ether oxygens (including phenoxy) is 2. The van der Waals surface area contributed by atoms with Crippen LogP contribution in [0.15, 0.2) is 46.1 Å². The molecule has 2 unspecified atom stereocenters. The fourth-order valence-electron chi connectivity index (χ4n) is 3.58. The van der Waals surface area contributed by atoms with E-state index in [1.54, 1.807) is 32.0 Å². The number of benzene rings is 1. The number of aliphatic hydroxyl groups excluding tert-OH is 2. The first-order valence-electron chi connectivity index (χ1n) is 11.6. The molecule has 0 bridgehead atoms. The van der Waals surface area contributed by atoms with Crippen LogP contribution in [0.5, 0.6) is 5.75 Å². The Bertz CT molecular complexity index is 1360. The van der Waals surface area contributed by atoms with Crippen LogP contribution >= 0.6 is 7.75 Å². The second kappa shape index (κ2) is 11.7. The van der Waals surface area contributed by atoms with Gasteiger partial charge in [0.05, 0.1) is 6.10 Å². The Kier molecular flexibility index (Phi) is 8.99. The molecule has 3 rings (SSSR count). The topological polar surface area (TPSA) is 178 Å². The van der Waals surface area contributed by atoms with Crippen molar-refractivity contribution in [1.29, 1.82) is 0 Å². The molecular weight excluding hydrogens is 521 g/mol. The van der Waals surface area contributed by atoms with E-state index in [2.05, 4.69) is 16.0 Å². The Labute approximate surface area is 219 Å². The number of aliphatic hydroxyl groups is 2. The highest BCUT2D eigenvalue weighted by Crippen LogP contribution is 2.47. The molecule has 0 aliphatic carbocycles. The van der Waals surface area contributed by atoms with E-state index in [1.165, 1.54) is 26.0 Å². The largest absolute Gasteiger partial charge is 0.462 e. The van der Waals surface area contributed by atoms with Gasteiger partial charge in [0.15, 0.2) is 11.8 Å². The van der Waals surface area contributed by atoms with Crippen molar-refractivity contribution in [3.63, 3.8) is 0 Å². The zero-order chi connectivity index (χ0) is 28.3. The molecule has 14 heteroatoms. The summed E-state index contributed by atoms with van der Waals surface area (Å²) in [5.74, 6) is 1.60. The van der Waals surface area contributed by atoms with Crippen molar-refractivity contribution in [1.82, 2.24) is 14.6 Å². The Morgan fingerprint density at radius 1 is 1.32 bits per heavy atom. The quantitative estimate of drug-likeness (QED) is 0.186. The number of H-pyrrole nitrogens is 1. The Morgan fingerprint density at radius 2 is 1.97 bits per heavy atom. The van der Waals surface area contributed by atoms with Crippen molar-refractivity contribution in [3.8, 4) is 18.1 Å². The molecule has 0 spiro atoms. The second-order valence-corrected chi connectivity index (χ2v) is 10.7. The van der Waals surface area contributed by atoms with Gasteiger partial charge >= 0.3 is 19.4 Å². The SMILES string of the molecule is C#C[C@]1(COP(=O)(N[C@@H](C)C(=O)OC(C)C)Oc2ccccc2)O[C@@H](n2cc(C)c(=O)[nH]c2=O)C(O)[C@H]1O.[HH]. The van der Waals surface area contributed by atoms with E-state index < -0.39 is 67.8 Å². The number of para-hydroxylation sites is 1. The lowest BCUT2D eigenvalue weighted by atomic mass is 9.97. The highest BCUT2D eigenvalue weighted by Gasteiger charge is 2.56. The summed E-state index contributed by atoms with van der Waals surface area (Å²) in [5.41, 5.74) is -3.52. The number of carbonyl (C=O) groups excluding carboxylic acids is 1. The van der Waals surface area contributed by atoms with E-state index in [1.807, 2.05) is 0 Å². The first kappa shape index (κ1) is 29.3. The van der Waals surface area contributed by atoms with Crippen molar-refractivity contribution in [2.45, 2.75) is 63.9 Å². The van der Waals surface area contributed by atoms with E-state index in [-0.39, 0.29) is 12.7 Å². The minimum atomic E-state index is -4.40. The summed E-state index contributed by atoms with van der Waals surface area (Å²) in [6, 6.07) is 6.78. The van der Waals surface area contributed by atoms with Crippen LogP contribution in [0.1, 0.15) is 34.0 Å². The number of carbonyl (C=O) groups is 1. The number of esters is 1. The minimum Gasteiger partial charge on any atom is -0.462 e. The monoisotopic (exact) mass is 553 g/mol. The van der Waals surface area contributed by atoms with Gasteiger partial charge in [-0.1, -0.05) is 24.1 Å². The maximum Gasteiger partial charge on any atom is 0.459 e. The predicted molar refractivity (Wildman–Crippen MR) is 136 cm³/mol. The number of hydrogen-bond acceptors (Lipinski definition) is 10. The molecule has 13 nitrogen and oxygen atoms in total. The van der Waals surface area contributed by atoms with Crippen molar-refractivity contribution in [2.75, 3.05) is 6.61 Å². The maximum absolute atomic E-state index is 13.7. The van der Waals surface area contributed by atoms with Gasteiger partial charge in [-0.05, 0) is 39.8 Å². The third kappa shape index (κ3) is 6.42. The third-order valence-corrected chi connectivity index (χ3v) is 7.19. The van der Waals surface area contributed by atoms with E-state index >= 15 is 0 Å². The number of aromatic nitrogens is 2. The lowest BCUT2D eigenvalue weighted by molar-refractivity contribution is -0.149. The van der Waals surface area contributed by atoms with Crippen LogP contribution in [0.4, 0.5) is 0 Å². The molecule has 1 aromatic heterocycles. The van der Waals surface area contributed by atoms with Gasteiger partial charge in [-0.3, -0.25) is 23.7 Å². The van der Waals surface area contributed by atoms with Crippen molar-refractivity contribution in [2.24, 2.45) is 0 Å². The zero-order valence-electron chi connectivity index (χ0n) is 21.2. The van der Waals surface area contributed by atoms with Crippen molar-refractivity contribution in [3.05, 3.63) is 62.9 Å². The van der Waals surface area contributed by atoms with Gasteiger partial charge in [0.25, 0.3) is 5.56 Å². The highest BCUT2D eigenvalue weighted by molar-refractivity contribution is 7.52. The number of aryl methyl sites for hydroxylation is 1. The fraction of sp³-hybridized carbons (Fsp3) is 0.458. The normalized spacial score (nSPS) is 25.4. The molecule has 208 valence electrons. The van der Waals surface area contributed by atoms with Gasteiger partial charge in [0.1, 0.15) is 30.6 Å². The third-order valence-electron chi connectivity index (χ3n) is 5.56. The van der Waals surface area contributed by atoms with E-state index in [0.717, 1.165) is 10.8 Å². The standard InChI is InChI=1S/C24H30N3O10P.H2/c1-6-24(19(29)18(28)21(36-24)27-12-15(4)20(30)25-23(27)32)13-34-38(33,37-17-10-8-7-9-11-17)26-16(5)22(31)35-14(2)3;/h1,7-12,14,16,18-19,21,28-29H,13H2,2-5H3,(H,26,33)(H,25,30,32);1H/t16-,18?,19+,21+,24+,38?;/m0./s1. The van der Waals surface area contributed by atoms with Crippen LogP contribution in [0.2, 0.25) is 0 Å². The molecule has 0 amide bonds. The van der Waals surface area contributed by atoms with Crippen LogP contribution in [0, 0.1) is 19.3 Å². The highest BCUT2D eigenvalue weighted by atomic mass is 31.2. The predicted octanol–water partition coefficient (Wildman–Crippen LogP) is 0.847. The summed E-state index contributed by atoms with van der Waals surface area (Å²) in [6.07, 6.45) is 1.28. The second-order valence-electron chi connectivity index (χ2n) is 8.97. The number of aromatic amines is 1. The van der Waals surface area contributed by atoms with Crippen molar-refractivity contribution >= 4 is 13.7 Å². The fourth-order valence-corrected chi connectivity index (χ4v) is 5.10. The first-order chi connectivity index (χ1) is 17.8. The van der Waals surface area contributed by atoms with Gasteiger partial charge in [-0.15, -0.1) is 6.42 Å². The molecule has 1 aliphatic rings. The lowest BCUT2D eigenvalue weighted by Gasteiger charge is -2.29. The summed E-state index contributed by atoms with van der Waals surface area (Å²) in [5, 5.41) is 24.0. The molecule has 1 aromatic carbocycles. The number of rotatable bonds is 10. The van der Waals surface area contributed by atoms with Gasteiger partial charge in [0, 0.05) is 13.2 Å². The van der Waals surface area contributed by atoms with Crippen LogP contribution in [-0.4, -0.2) is 62.3 Å². The van der Waals surface area contributed by atoms with E-state index in [4.69, 9.17) is 24.9 Å². The molecule has 6 atom stereocenters. The van der Waals surface area contributed by atoms with Crippen LogP contribution in [0.25, 0.3) is 0 Å². The van der Waals surface area contributed by atoms with E-state index in [9.17, 15) is 29.2 Å².